The van der Waals surface area contributed by atoms with Gasteiger partial charge in [0.2, 0.25) is 31.2 Å². The second kappa shape index (κ2) is 16.6. The maximum atomic E-state index is 11.9. The van der Waals surface area contributed by atoms with Crippen molar-refractivity contribution in [2.24, 2.45) is 46.3 Å². The first-order valence-corrected chi connectivity index (χ1v) is 18.3. The van der Waals surface area contributed by atoms with Gasteiger partial charge in [0.25, 0.3) is 0 Å². The summed E-state index contributed by atoms with van der Waals surface area (Å²) in [6.45, 7) is 10.2. The Morgan fingerprint density at radius 3 is 1.84 bits per heavy atom. The van der Waals surface area contributed by atoms with E-state index in [1.54, 1.807) is 0 Å². The molecule has 4 fully saturated rings. The molecular weight excluding hydrogens is 669 g/mol. The van der Waals surface area contributed by atoms with E-state index >= 15 is 0 Å². The Balaban J connectivity index is 0.00000323. The van der Waals surface area contributed by atoms with E-state index in [0.717, 1.165) is 44.9 Å². The van der Waals surface area contributed by atoms with Gasteiger partial charge in [0.15, 0.2) is 0 Å². The minimum absolute atomic E-state index is 0. The molecule has 238 valence electrons. The quantitative estimate of drug-likeness (QED) is 0.0649. The molecular formula is C26H41Na3O12S3. The van der Waals surface area contributed by atoms with Crippen LogP contribution in [0.15, 0.2) is 12.7 Å². The third kappa shape index (κ3) is 10.2. The number of rotatable bonds is 11. The summed E-state index contributed by atoms with van der Waals surface area (Å²) in [5.41, 5.74) is -0.917. The minimum Gasteiger partial charge on any atom is -0.726 e. The van der Waals surface area contributed by atoms with E-state index in [1.807, 2.05) is 13.0 Å². The van der Waals surface area contributed by atoms with Crippen LogP contribution in [0.3, 0.4) is 0 Å². The van der Waals surface area contributed by atoms with Crippen molar-refractivity contribution < 1.29 is 140 Å². The van der Waals surface area contributed by atoms with Gasteiger partial charge >= 0.3 is 88.7 Å². The fourth-order valence-electron chi connectivity index (χ4n) is 9.78. The Morgan fingerprint density at radius 1 is 0.773 bits per heavy atom. The molecule has 44 heavy (non-hydrogen) atoms. The summed E-state index contributed by atoms with van der Waals surface area (Å²) in [7, 11) is -15.8. The van der Waals surface area contributed by atoms with Crippen molar-refractivity contribution in [3.05, 3.63) is 12.7 Å². The average molecular weight is 711 g/mol. The van der Waals surface area contributed by atoms with E-state index in [9.17, 15) is 38.9 Å². The summed E-state index contributed by atoms with van der Waals surface area (Å²) in [4.78, 5) is 0. The molecule has 4 saturated carbocycles. The molecule has 0 bridgehead atoms. The maximum absolute atomic E-state index is 11.9. The number of unbranched alkanes of at least 4 members (excludes halogenated alkanes) is 1. The van der Waals surface area contributed by atoms with E-state index < -0.39 is 60.8 Å². The molecule has 4 aliphatic carbocycles. The number of hydrogen-bond acceptors (Lipinski definition) is 12. The van der Waals surface area contributed by atoms with E-state index in [2.05, 4.69) is 24.6 Å². The summed E-state index contributed by atoms with van der Waals surface area (Å²) in [5, 5.41) is 0. The molecule has 0 amide bonds. The van der Waals surface area contributed by atoms with Gasteiger partial charge in [-0.25, -0.2) is 25.3 Å². The zero-order chi connectivity index (χ0) is 30.6. The van der Waals surface area contributed by atoms with Crippen LogP contribution in [0.25, 0.3) is 0 Å². The molecule has 4 aliphatic rings. The van der Waals surface area contributed by atoms with Crippen LogP contribution in [0.2, 0.25) is 0 Å². The molecule has 0 aromatic rings. The van der Waals surface area contributed by atoms with Crippen LogP contribution in [0.1, 0.15) is 85.0 Å². The Bertz CT molecular complexity index is 1310. The van der Waals surface area contributed by atoms with Gasteiger partial charge < -0.3 is 13.7 Å². The van der Waals surface area contributed by atoms with Crippen LogP contribution in [0.4, 0.5) is 0 Å². The fourth-order valence-corrected chi connectivity index (χ4v) is 11.3. The van der Waals surface area contributed by atoms with Gasteiger partial charge in [0, 0.05) is 0 Å². The van der Waals surface area contributed by atoms with Crippen molar-refractivity contribution in [2.45, 2.75) is 103 Å². The summed E-state index contributed by atoms with van der Waals surface area (Å²) in [6, 6.07) is 0. The smallest absolute Gasteiger partial charge is 0.726 e. The summed E-state index contributed by atoms with van der Waals surface area (Å²) >= 11 is 0. The number of allylic oxidation sites excluding steroid dienone is 1. The van der Waals surface area contributed by atoms with Crippen molar-refractivity contribution in [2.75, 3.05) is 0 Å². The van der Waals surface area contributed by atoms with E-state index in [4.69, 9.17) is 8.37 Å². The zero-order valence-corrected chi connectivity index (χ0v) is 35.1. The minimum atomic E-state index is -5.34. The van der Waals surface area contributed by atoms with Crippen LogP contribution < -0.4 is 88.7 Å². The van der Waals surface area contributed by atoms with Crippen LogP contribution in [0, 0.1) is 46.3 Å². The Labute approximate surface area is 329 Å². The predicted molar refractivity (Wildman–Crippen MR) is 143 cm³/mol. The zero-order valence-electron chi connectivity index (χ0n) is 26.7. The summed E-state index contributed by atoms with van der Waals surface area (Å²) in [6.07, 6.45) is 3.87. The first-order valence-electron chi connectivity index (χ1n) is 14.3. The van der Waals surface area contributed by atoms with Crippen LogP contribution in [-0.2, 0) is 43.7 Å². The topological polar surface area (TPSA) is 199 Å². The molecule has 0 radical (unpaired) electrons. The largest absolute Gasteiger partial charge is 1.00 e. The summed E-state index contributed by atoms with van der Waals surface area (Å²) in [5.74, 6) is 0.235. The first kappa shape index (κ1) is 44.4. The first-order chi connectivity index (χ1) is 18.8. The van der Waals surface area contributed by atoms with Crippen LogP contribution in [0.5, 0.6) is 0 Å². The predicted octanol–water partition coefficient (Wildman–Crippen LogP) is -5.59. The molecule has 0 aromatic carbocycles. The molecule has 12 nitrogen and oxygen atoms in total. The molecule has 0 heterocycles. The molecule has 0 saturated heterocycles. The molecule has 18 heteroatoms. The molecule has 11 atom stereocenters. The van der Waals surface area contributed by atoms with Crippen LogP contribution >= 0.6 is 0 Å². The third-order valence-electron chi connectivity index (χ3n) is 11.2. The Kier molecular flexibility index (Phi) is 16.7. The Hall–Kier alpha value is 2.35. The van der Waals surface area contributed by atoms with Gasteiger partial charge in [-0.3, -0.25) is 12.5 Å². The van der Waals surface area contributed by atoms with Crippen molar-refractivity contribution in [1.29, 1.82) is 0 Å². The molecule has 0 N–H and O–H groups in total. The SMILES string of the molecule is C=CCCC[C@@H](C)[C@H]1CCC2C3C[C@H](OS(=O)(=O)[O-])[C@H]4C[C@H](OS(=O)(=O)[O-])[C@@H](OS(=O)(=O)[O-])C[C@]4(C)C3CC[C@@]21C.[Na+].[Na+].[Na+]. The van der Waals surface area contributed by atoms with Gasteiger partial charge in [-0.15, -0.1) is 6.58 Å². The van der Waals surface area contributed by atoms with Gasteiger partial charge in [0.1, 0.15) is 12.2 Å². The molecule has 0 aliphatic heterocycles. The summed E-state index contributed by atoms with van der Waals surface area (Å²) < 4.78 is 119. The van der Waals surface area contributed by atoms with E-state index in [1.165, 1.54) is 0 Å². The molecule has 4 rings (SSSR count). The van der Waals surface area contributed by atoms with Crippen molar-refractivity contribution >= 4 is 31.2 Å². The molecule has 0 spiro atoms. The standard InChI is InChI=1S/C26H44O12S3.3Na/c1-5-6-7-8-16(2)18-9-10-19-17-13-22(36-39(27,28)29)21-14-23(37-40(30,31)32)24(38-41(33,34)35)15-26(21,4)20(17)11-12-25(18,19)3;;;/h5,16-24H,1,6-15H2,2-4H3,(H,27,28,29)(H,30,31,32)(H,33,34,35);;;/q;3*+1/p-3/t16-,17?,18-,19?,20?,21-,22+,23+,24+,25-,26-;;;/m1.../s1. The van der Waals surface area contributed by atoms with Gasteiger partial charge in [-0.05, 0) is 104 Å². The number of hydrogen-bond donors (Lipinski definition) is 0. The molecule has 3 unspecified atom stereocenters. The van der Waals surface area contributed by atoms with Crippen molar-refractivity contribution in [1.82, 2.24) is 0 Å². The normalized spacial score (nSPS) is 39.2. The third-order valence-corrected chi connectivity index (χ3v) is 12.6. The average Bonchev–Trinajstić information content (AvgIpc) is 3.15. The van der Waals surface area contributed by atoms with Gasteiger partial charge in [-0.1, -0.05) is 33.3 Å². The van der Waals surface area contributed by atoms with Crippen LogP contribution in [-0.4, -0.2) is 57.2 Å². The van der Waals surface area contributed by atoms with Crippen molar-refractivity contribution in [3.63, 3.8) is 0 Å². The Morgan fingerprint density at radius 2 is 1.30 bits per heavy atom. The van der Waals surface area contributed by atoms with Crippen molar-refractivity contribution in [3.8, 4) is 0 Å². The second-order valence-corrected chi connectivity index (χ2v) is 16.2. The van der Waals surface area contributed by atoms with Gasteiger partial charge in [0.05, 0.1) is 6.10 Å². The fraction of sp³-hybridized carbons (Fsp3) is 0.923. The van der Waals surface area contributed by atoms with E-state index in [-0.39, 0.29) is 131 Å². The molecule has 0 aromatic heterocycles. The van der Waals surface area contributed by atoms with E-state index in [0.29, 0.717) is 11.8 Å². The number of fused-ring (bicyclic) bond motifs is 5. The maximum Gasteiger partial charge on any atom is 1.00 e. The second-order valence-electron chi connectivity index (χ2n) is 13.2. The monoisotopic (exact) mass is 710 g/mol. The van der Waals surface area contributed by atoms with Gasteiger partial charge in [-0.2, -0.15) is 0 Å².